The average molecular weight is 404 g/mol. The number of ether oxygens (including phenoxy) is 1. The number of rotatable bonds is 2. The van der Waals surface area contributed by atoms with Crippen LogP contribution in [0, 0.1) is 11.8 Å². The van der Waals surface area contributed by atoms with Crippen molar-refractivity contribution in [3.63, 3.8) is 0 Å². The van der Waals surface area contributed by atoms with Gasteiger partial charge in [-0.15, -0.1) is 10.2 Å². The van der Waals surface area contributed by atoms with Gasteiger partial charge < -0.3 is 9.30 Å². The van der Waals surface area contributed by atoms with Crippen LogP contribution < -0.4 is 0 Å². The monoisotopic (exact) mass is 403 g/mol. The fraction of sp³-hybridized carbons (Fsp3) is 0.150. The summed E-state index contributed by atoms with van der Waals surface area (Å²) in [5, 5.41) is 9.31. The van der Waals surface area contributed by atoms with Gasteiger partial charge in [-0.1, -0.05) is 11.6 Å². The van der Waals surface area contributed by atoms with E-state index >= 15 is 0 Å². The van der Waals surface area contributed by atoms with Crippen molar-refractivity contribution in [2.24, 2.45) is 0 Å². The molecule has 0 unspecified atom stereocenters. The van der Waals surface area contributed by atoms with Gasteiger partial charge in [-0.3, -0.25) is 9.55 Å². The lowest BCUT2D eigenvalue weighted by atomic mass is 10.1. The number of hydrogen-bond acceptors (Lipinski definition) is 6. The maximum absolute atomic E-state index is 6.27. The molecular formula is C20H14ClN7O. The lowest BCUT2D eigenvalue weighted by Gasteiger charge is -2.08. The molecule has 5 rings (SSSR count). The largest absolute Gasteiger partial charge is 0.377 e. The van der Waals surface area contributed by atoms with Crippen LogP contribution in [-0.4, -0.2) is 41.4 Å². The molecular weight excluding hydrogens is 390 g/mol. The van der Waals surface area contributed by atoms with Crippen LogP contribution in [-0.2, 0) is 17.9 Å². The first-order chi connectivity index (χ1) is 14.2. The lowest BCUT2D eigenvalue weighted by molar-refractivity contribution is 0.174. The van der Waals surface area contributed by atoms with Crippen LogP contribution in [0.15, 0.2) is 43.1 Å². The summed E-state index contributed by atoms with van der Waals surface area (Å²) in [6.45, 7) is 0.843. The normalized spacial score (nSPS) is 11.7. The molecule has 0 saturated heterocycles. The Morgan fingerprint density at radius 1 is 1.17 bits per heavy atom. The maximum Gasteiger partial charge on any atom is 0.166 e. The highest BCUT2D eigenvalue weighted by Crippen LogP contribution is 2.34. The smallest absolute Gasteiger partial charge is 0.166 e. The Balaban J connectivity index is 1.70. The van der Waals surface area contributed by atoms with Gasteiger partial charge in [0.1, 0.15) is 24.3 Å². The third kappa shape index (κ3) is 3.06. The summed E-state index contributed by atoms with van der Waals surface area (Å²) in [4.78, 5) is 12.8. The molecule has 8 nitrogen and oxygen atoms in total. The van der Waals surface area contributed by atoms with E-state index in [1.165, 1.54) is 0 Å². The van der Waals surface area contributed by atoms with Gasteiger partial charge in [0.2, 0.25) is 0 Å². The van der Waals surface area contributed by atoms with Crippen molar-refractivity contribution in [2.45, 2.75) is 13.2 Å². The quantitative estimate of drug-likeness (QED) is 0.421. The van der Waals surface area contributed by atoms with Crippen LogP contribution in [0.3, 0.4) is 0 Å². The molecule has 4 aromatic rings. The van der Waals surface area contributed by atoms with E-state index in [2.05, 4.69) is 37.0 Å². The highest BCUT2D eigenvalue weighted by Gasteiger charge is 2.25. The molecule has 0 radical (unpaired) electrons. The van der Waals surface area contributed by atoms with Gasteiger partial charge in [-0.05, 0) is 30.0 Å². The second-order valence-corrected chi connectivity index (χ2v) is 6.81. The number of nitrogens with zero attached hydrogens (tertiary/aromatic N) is 7. The van der Waals surface area contributed by atoms with Gasteiger partial charge in [0.15, 0.2) is 11.6 Å². The number of hydrogen-bond donors (Lipinski definition) is 0. The fourth-order valence-electron chi connectivity index (χ4n) is 3.31. The highest BCUT2D eigenvalue weighted by molar-refractivity contribution is 6.31. The van der Waals surface area contributed by atoms with Gasteiger partial charge in [-0.2, -0.15) is 0 Å². The van der Waals surface area contributed by atoms with E-state index in [1.54, 1.807) is 32.0 Å². The van der Waals surface area contributed by atoms with Crippen molar-refractivity contribution >= 4 is 11.6 Å². The van der Waals surface area contributed by atoms with Crippen LogP contribution in [0.25, 0.3) is 17.1 Å². The Morgan fingerprint density at radius 3 is 2.93 bits per heavy atom. The summed E-state index contributed by atoms with van der Waals surface area (Å²) >= 11 is 6.27. The standard InChI is InChI=1S/C20H14ClN7O/c1-29-11-19-25-26-20-15-8-13(21)2-5-17(15)28-12-24-16(18(28)10-27(19)20)4-3-14-9-22-6-7-23-14/h2,5-9,12H,10-11H2,1H3. The fourth-order valence-corrected chi connectivity index (χ4v) is 3.48. The molecule has 1 aliphatic heterocycles. The molecule has 1 aromatic carbocycles. The van der Waals surface area contributed by atoms with Gasteiger partial charge >= 0.3 is 0 Å². The molecule has 3 aromatic heterocycles. The third-order valence-corrected chi connectivity index (χ3v) is 4.84. The van der Waals surface area contributed by atoms with E-state index in [1.807, 2.05) is 27.3 Å². The summed E-state index contributed by atoms with van der Waals surface area (Å²) in [6, 6.07) is 5.67. The lowest BCUT2D eigenvalue weighted by Crippen LogP contribution is -2.09. The van der Waals surface area contributed by atoms with Crippen molar-refractivity contribution in [1.82, 2.24) is 34.3 Å². The molecule has 0 spiro atoms. The van der Waals surface area contributed by atoms with Crippen LogP contribution in [0.1, 0.15) is 22.9 Å². The molecule has 9 heteroatoms. The predicted octanol–water partition coefficient (Wildman–Crippen LogP) is 2.48. The molecule has 0 N–H and O–H groups in total. The summed E-state index contributed by atoms with van der Waals surface area (Å²) in [7, 11) is 1.63. The van der Waals surface area contributed by atoms with Crippen LogP contribution in [0.5, 0.6) is 0 Å². The van der Waals surface area contributed by atoms with E-state index in [-0.39, 0.29) is 0 Å². The molecule has 4 heterocycles. The Labute approximate surface area is 171 Å². The van der Waals surface area contributed by atoms with Crippen molar-refractivity contribution in [2.75, 3.05) is 7.11 Å². The Morgan fingerprint density at radius 2 is 2.10 bits per heavy atom. The van der Waals surface area contributed by atoms with Gasteiger partial charge in [0.05, 0.1) is 24.1 Å². The molecule has 0 saturated carbocycles. The molecule has 0 atom stereocenters. The SMILES string of the molecule is COCc1nnc2n1Cc1c(C#Cc3cnccn3)ncn1-c1ccc(Cl)cc1-2. The summed E-state index contributed by atoms with van der Waals surface area (Å²) in [5.74, 6) is 7.59. The zero-order chi connectivity index (χ0) is 19.8. The van der Waals surface area contributed by atoms with E-state index < -0.39 is 0 Å². The number of methoxy groups -OCH3 is 1. The molecule has 0 aliphatic carbocycles. The van der Waals surface area contributed by atoms with Crippen molar-refractivity contribution < 1.29 is 4.74 Å². The molecule has 29 heavy (non-hydrogen) atoms. The minimum Gasteiger partial charge on any atom is -0.377 e. The molecule has 0 fully saturated rings. The minimum absolute atomic E-state index is 0.345. The Hall–Kier alpha value is -3.54. The number of fused-ring (bicyclic) bond motifs is 5. The third-order valence-electron chi connectivity index (χ3n) is 4.61. The molecule has 0 bridgehead atoms. The molecule has 142 valence electrons. The Bertz CT molecular complexity index is 1270. The van der Waals surface area contributed by atoms with Gasteiger partial charge in [0, 0.05) is 30.1 Å². The topological polar surface area (TPSA) is 83.5 Å². The average Bonchev–Trinajstić information content (AvgIpc) is 3.29. The summed E-state index contributed by atoms with van der Waals surface area (Å²) < 4.78 is 9.31. The van der Waals surface area contributed by atoms with Crippen LogP contribution in [0.4, 0.5) is 0 Å². The zero-order valence-corrected chi connectivity index (χ0v) is 16.1. The molecule has 0 amide bonds. The van der Waals surface area contributed by atoms with Crippen LogP contribution in [0.2, 0.25) is 5.02 Å². The van der Waals surface area contributed by atoms with Crippen molar-refractivity contribution in [1.29, 1.82) is 0 Å². The second-order valence-electron chi connectivity index (χ2n) is 6.37. The zero-order valence-electron chi connectivity index (χ0n) is 15.4. The van der Waals surface area contributed by atoms with Gasteiger partial charge in [-0.25, -0.2) is 9.97 Å². The minimum atomic E-state index is 0.345. The first-order valence-electron chi connectivity index (χ1n) is 8.80. The van der Waals surface area contributed by atoms with Crippen molar-refractivity contribution in [3.8, 4) is 28.9 Å². The van der Waals surface area contributed by atoms with E-state index in [0.717, 1.165) is 28.6 Å². The number of aromatic nitrogens is 7. The van der Waals surface area contributed by atoms with Crippen LogP contribution >= 0.6 is 11.6 Å². The summed E-state index contributed by atoms with van der Waals surface area (Å²) in [6.07, 6.45) is 6.60. The van der Waals surface area contributed by atoms with E-state index in [9.17, 15) is 0 Å². The second kappa shape index (κ2) is 7.13. The summed E-state index contributed by atoms with van der Waals surface area (Å²) in [5.41, 5.74) is 3.94. The number of halogens is 1. The number of benzene rings is 1. The number of imidazole rings is 1. The van der Waals surface area contributed by atoms with E-state index in [0.29, 0.717) is 29.6 Å². The van der Waals surface area contributed by atoms with E-state index in [4.69, 9.17) is 16.3 Å². The van der Waals surface area contributed by atoms with Crippen molar-refractivity contribution in [3.05, 3.63) is 71.0 Å². The highest BCUT2D eigenvalue weighted by atomic mass is 35.5. The first kappa shape index (κ1) is 17.6. The molecule has 1 aliphatic rings. The van der Waals surface area contributed by atoms with Gasteiger partial charge in [0.25, 0.3) is 0 Å². The Kier molecular flexibility index (Phi) is 4.31. The maximum atomic E-state index is 6.27. The first-order valence-corrected chi connectivity index (χ1v) is 9.18. The predicted molar refractivity (Wildman–Crippen MR) is 105 cm³/mol.